The third kappa shape index (κ3) is 3.77. The van der Waals surface area contributed by atoms with Crippen molar-refractivity contribution in [1.29, 1.82) is 0 Å². The van der Waals surface area contributed by atoms with Crippen molar-refractivity contribution in [2.24, 2.45) is 5.92 Å². The zero-order chi connectivity index (χ0) is 13.1. The van der Waals surface area contributed by atoms with Crippen molar-refractivity contribution >= 4 is 5.91 Å². The minimum atomic E-state index is 0.216. The maximum absolute atomic E-state index is 12.3. The molecule has 1 amide bonds. The number of hydrogen-bond donors (Lipinski definition) is 1. The van der Waals surface area contributed by atoms with Crippen LogP contribution < -0.4 is 5.32 Å². The first-order chi connectivity index (χ1) is 9.33. The Morgan fingerprint density at radius 2 is 2.16 bits per heavy atom. The summed E-state index contributed by atoms with van der Waals surface area (Å²) in [4.78, 5) is 18.6. The largest absolute Gasteiger partial charge is 0.333 e. The second-order valence-electron chi connectivity index (χ2n) is 5.65. The average Bonchev–Trinajstić information content (AvgIpc) is 3.29. The number of hydrogen-bond acceptors (Lipinski definition) is 3. The Balaban J connectivity index is 1.52. The van der Waals surface area contributed by atoms with Gasteiger partial charge >= 0.3 is 0 Å². The van der Waals surface area contributed by atoms with E-state index in [2.05, 4.69) is 10.3 Å². The standard InChI is InChI=1S/C15H21N3O/c19-15(10-16-9-12-4-5-12)18(14-6-7-14)11-13-3-1-2-8-17-13/h1-3,8,12,14,16H,4-7,9-11H2. The van der Waals surface area contributed by atoms with E-state index in [0.29, 0.717) is 19.1 Å². The third-order valence-electron chi connectivity index (χ3n) is 3.77. The summed E-state index contributed by atoms with van der Waals surface area (Å²) in [7, 11) is 0. The van der Waals surface area contributed by atoms with Gasteiger partial charge in [-0.1, -0.05) is 6.07 Å². The fraction of sp³-hybridized carbons (Fsp3) is 0.600. The highest BCUT2D eigenvalue weighted by Gasteiger charge is 2.32. The molecule has 0 bridgehead atoms. The molecule has 0 unspecified atom stereocenters. The molecule has 0 atom stereocenters. The quantitative estimate of drug-likeness (QED) is 0.808. The summed E-state index contributed by atoms with van der Waals surface area (Å²) in [6.07, 6.45) is 6.71. The Labute approximate surface area is 114 Å². The zero-order valence-corrected chi connectivity index (χ0v) is 11.2. The summed E-state index contributed by atoms with van der Waals surface area (Å²) in [6.45, 7) is 2.11. The molecule has 0 radical (unpaired) electrons. The Bertz CT molecular complexity index is 426. The van der Waals surface area contributed by atoms with Crippen molar-refractivity contribution in [1.82, 2.24) is 15.2 Å². The predicted molar refractivity (Wildman–Crippen MR) is 73.4 cm³/mol. The molecule has 1 aromatic rings. The van der Waals surface area contributed by atoms with E-state index in [0.717, 1.165) is 31.0 Å². The van der Waals surface area contributed by atoms with Gasteiger partial charge in [-0.2, -0.15) is 0 Å². The number of nitrogens with zero attached hydrogens (tertiary/aromatic N) is 2. The first kappa shape index (κ1) is 12.6. The molecule has 4 heteroatoms. The summed E-state index contributed by atoms with van der Waals surface area (Å²) in [5.74, 6) is 1.03. The molecular formula is C15H21N3O. The molecule has 1 N–H and O–H groups in total. The van der Waals surface area contributed by atoms with Gasteiger partial charge in [0.05, 0.1) is 18.8 Å². The van der Waals surface area contributed by atoms with Crippen molar-refractivity contribution in [2.45, 2.75) is 38.3 Å². The first-order valence-corrected chi connectivity index (χ1v) is 7.23. The van der Waals surface area contributed by atoms with E-state index >= 15 is 0 Å². The highest BCUT2D eigenvalue weighted by molar-refractivity contribution is 5.78. The van der Waals surface area contributed by atoms with E-state index in [4.69, 9.17) is 0 Å². The van der Waals surface area contributed by atoms with Crippen molar-refractivity contribution in [3.8, 4) is 0 Å². The number of aromatic nitrogens is 1. The van der Waals surface area contributed by atoms with Crippen LogP contribution in [0.3, 0.4) is 0 Å². The zero-order valence-electron chi connectivity index (χ0n) is 11.2. The summed E-state index contributed by atoms with van der Waals surface area (Å²) in [6, 6.07) is 6.31. The molecule has 0 spiro atoms. The first-order valence-electron chi connectivity index (χ1n) is 7.23. The molecule has 2 aliphatic carbocycles. The summed E-state index contributed by atoms with van der Waals surface area (Å²) >= 11 is 0. The molecule has 102 valence electrons. The van der Waals surface area contributed by atoms with E-state index < -0.39 is 0 Å². The number of carbonyl (C=O) groups excluding carboxylic acids is 1. The molecule has 4 nitrogen and oxygen atoms in total. The molecule has 1 aromatic heterocycles. The van der Waals surface area contributed by atoms with Crippen molar-refractivity contribution in [3.63, 3.8) is 0 Å². The van der Waals surface area contributed by atoms with E-state index in [-0.39, 0.29) is 5.91 Å². The molecule has 2 aliphatic rings. The molecule has 19 heavy (non-hydrogen) atoms. The van der Waals surface area contributed by atoms with Gasteiger partial charge in [0.1, 0.15) is 0 Å². The third-order valence-corrected chi connectivity index (χ3v) is 3.77. The van der Waals surface area contributed by atoms with Crippen molar-refractivity contribution < 1.29 is 4.79 Å². The maximum atomic E-state index is 12.3. The summed E-state index contributed by atoms with van der Waals surface area (Å²) in [5, 5.41) is 3.28. The Kier molecular flexibility index (Phi) is 3.78. The van der Waals surface area contributed by atoms with Gasteiger partial charge in [0.15, 0.2) is 0 Å². The Hall–Kier alpha value is -1.42. The topological polar surface area (TPSA) is 45.2 Å². The van der Waals surface area contributed by atoms with Gasteiger partial charge in [-0.3, -0.25) is 9.78 Å². The minimum absolute atomic E-state index is 0.216. The van der Waals surface area contributed by atoms with Gasteiger partial charge in [0.2, 0.25) is 5.91 Å². The van der Waals surface area contributed by atoms with Crippen LogP contribution in [0.4, 0.5) is 0 Å². The highest BCUT2D eigenvalue weighted by atomic mass is 16.2. The van der Waals surface area contributed by atoms with Crippen LogP contribution in [0.1, 0.15) is 31.4 Å². The van der Waals surface area contributed by atoms with Gasteiger partial charge in [0.25, 0.3) is 0 Å². The van der Waals surface area contributed by atoms with Gasteiger partial charge in [-0.15, -0.1) is 0 Å². The highest BCUT2D eigenvalue weighted by Crippen LogP contribution is 2.29. The fourth-order valence-corrected chi connectivity index (χ4v) is 2.28. The second kappa shape index (κ2) is 5.70. The van der Waals surface area contributed by atoms with Crippen LogP contribution >= 0.6 is 0 Å². The molecule has 3 rings (SSSR count). The average molecular weight is 259 g/mol. The fourth-order valence-electron chi connectivity index (χ4n) is 2.28. The predicted octanol–water partition coefficient (Wildman–Crippen LogP) is 1.57. The van der Waals surface area contributed by atoms with Crippen molar-refractivity contribution in [2.75, 3.05) is 13.1 Å². The van der Waals surface area contributed by atoms with Gasteiger partial charge < -0.3 is 10.2 Å². The molecule has 0 aliphatic heterocycles. The SMILES string of the molecule is O=C(CNCC1CC1)N(Cc1ccccn1)C1CC1. The van der Waals surface area contributed by atoms with Crippen LogP contribution in [0.2, 0.25) is 0 Å². The lowest BCUT2D eigenvalue weighted by molar-refractivity contribution is -0.131. The van der Waals surface area contributed by atoms with Crippen LogP contribution in [0, 0.1) is 5.92 Å². The van der Waals surface area contributed by atoms with Crippen LogP contribution in [-0.4, -0.2) is 34.9 Å². The van der Waals surface area contributed by atoms with Crippen molar-refractivity contribution in [3.05, 3.63) is 30.1 Å². The molecular weight excluding hydrogens is 238 g/mol. The lowest BCUT2D eigenvalue weighted by atomic mass is 10.3. The lowest BCUT2D eigenvalue weighted by Gasteiger charge is -2.22. The van der Waals surface area contributed by atoms with Gasteiger partial charge in [-0.25, -0.2) is 0 Å². The van der Waals surface area contributed by atoms with E-state index in [1.165, 1.54) is 12.8 Å². The minimum Gasteiger partial charge on any atom is -0.333 e. The molecule has 0 saturated heterocycles. The van der Waals surface area contributed by atoms with E-state index in [1.807, 2.05) is 23.1 Å². The summed E-state index contributed by atoms with van der Waals surface area (Å²) in [5.41, 5.74) is 0.977. The number of pyridine rings is 1. The smallest absolute Gasteiger partial charge is 0.237 e. The number of rotatable bonds is 7. The van der Waals surface area contributed by atoms with E-state index in [9.17, 15) is 4.79 Å². The number of carbonyl (C=O) groups is 1. The normalized spacial score (nSPS) is 18.3. The Morgan fingerprint density at radius 1 is 1.32 bits per heavy atom. The second-order valence-corrected chi connectivity index (χ2v) is 5.65. The Morgan fingerprint density at radius 3 is 2.79 bits per heavy atom. The molecule has 2 saturated carbocycles. The monoisotopic (exact) mass is 259 g/mol. The van der Waals surface area contributed by atoms with Gasteiger partial charge in [0, 0.05) is 12.2 Å². The summed E-state index contributed by atoms with van der Waals surface area (Å²) < 4.78 is 0. The number of amides is 1. The van der Waals surface area contributed by atoms with Crippen LogP contribution in [0.25, 0.3) is 0 Å². The van der Waals surface area contributed by atoms with Crippen LogP contribution in [0.15, 0.2) is 24.4 Å². The number of nitrogens with one attached hydrogen (secondary N) is 1. The van der Waals surface area contributed by atoms with E-state index in [1.54, 1.807) is 6.20 Å². The van der Waals surface area contributed by atoms with Gasteiger partial charge in [-0.05, 0) is 50.3 Å². The van der Waals surface area contributed by atoms with Crippen LogP contribution in [-0.2, 0) is 11.3 Å². The molecule has 2 fully saturated rings. The lowest BCUT2D eigenvalue weighted by Crippen LogP contribution is -2.39. The van der Waals surface area contributed by atoms with Crippen LogP contribution in [0.5, 0.6) is 0 Å². The molecule has 1 heterocycles. The molecule has 0 aromatic carbocycles. The maximum Gasteiger partial charge on any atom is 0.237 e.